The van der Waals surface area contributed by atoms with E-state index < -0.39 is 0 Å². The number of amides is 1. The summed E-state index contributed by atoms with van der Waals surface area (Å²) < 4.78 is 0.0342. The zero-order valence-corrected chi connectivity index (χ0v) is 11.2. The van der Waals surface area contributed by atoms with Crippen molar-refractivity contribution in [3.63, 3.8) is 0 Å². The summed E-state index contributed by atoms with van der Waals surface area (Å²) in [6.07, 6.45) is 3.55. The molecular formula is C11H15ClN2OS. The molecule has 0 spiro atoms. The predicted molar refractivity (Wildman–Crippen MR) is 69.2 cm³/mol. The number of pyridine rings is 1. The van der Waals surface area contributed by atoms with Gasteiger partial charge in [-0.05, 0) is 32.2 Å². The highest BCUT2D eigenvalue weighted by Gasteiger charge is 2.17. The number of carbonyl (C=O) groups is 1. The van der Waals surface area contributed by atoms with Gasteiger partial charge in [0.1, 0.15) is 5.15 Å². The van der Waals surface area contributed by atoms with Crippen LogP contribution in [0.4, 0.5) is 0 Å². The molecule has 0 aromatic carbocycles. The fraction of sp³-hybridized carbons (Fsp3) is 0.455. The highest BCUT2D eigenvalue weighted by atomic mass is 35.5. The molecule has 0 aliphatic rings. The molecule has 1 rings (SSSR count). The molecule has 3 nitrogen and oxygen atoms in total. The van der Waals surface area contributed by atoms with Crippen molar-refractivity contribution in [2.75, 3.05) is 12.8 Å². The van der Waals surface area contributed by atoms with E-state index in [9.17, 15) is 4.79 Å². The Morgan fingerprint density at radius 2 is 2.31 bits per heavy atom. The summed E-state index contributed by atoms with van der Waals surface area (Å²) in [5.41, 5.74) is 0.539. The molecule has 0 atom stereocenters. The van der Waals surface area contributed by atoms with Gasteiger partial charge in [0, 0.05) is 23.1 Å². The Morgan fingerprint density at radius 3 is 2.88 bits per heavy atom. The van der Waals surface area contributed by atoms with Crippen molar-refractivity contribution in [2.24, 2.45) is 0 Å². The normalized spacial score (nSPS) is 11.2. The molecule has 0 unspecified atom stereocenters. The van der Waals surface area contributed by atoms with Gasteiger partial charge in [-0.15, -0.1) is 0 Å². The van der Waals surface area contributed by atoms with Gasteiger partial charge in [-0.3, -0.25) is 4.79 Å². The topological polar surface area (TPSA) is 42.0 Å². The molecule has 0 radical (unpaired) electrons. The van der Waals surface area contributed by atoms with E-state index in [4.69, 9.17) is 11.6 Å². The molecule has 0 bridgehead atoms. The number of hydrogen-bond donors (Lipinski definition) is 1. The van der Waals surface area contributed by atoms with Crippen LogP contribution >= 0.6 is 23.4 Å². The van der Waals surface area contributed by atoms with Crippen molar-refractivity contribution in [3.8, 4) is 0 Å². The third-order valence-electron chi connectivity index (χ3n) is 2.22. The number of nitrogens with one attached hydrogen (secondary N) is 1. The first-order valence-corrected chi connectivity index (χ1v) is 6.50. The van der Waals surface area contributed by atoms with Crippen molar-refractivity contribution in [2.45, 2.75) is 18.6 Å². The Bertz CT molecular complexity index is 382. The molecule has 0 fully saturated rings. The second-order valence-electron chi connectivity index (χ2n) is 4.01. The van der Waals surface area contributed by atoms with Crippen molar-refractivity contribution in [3.05, 3.63) is 29.0 Å². The van der Waals surface area contributed by atoms with E-state index in [1.807, 2.05) is 6.26 Å². The molecule has 0 saturated heterocycles. The molecule has 88 valence electrons. The van der Waals surface area contributed by atoms with E-state index in [-0.39, 0.29) is 10.7 Å². The molecule has 0 aliphatic heterocycles. The maximum Gasteiger partial charge on any atom is 0.251 e. The van der Waals surface area contributed by atoms with Gasteiger partial charge in [0.2, 0.25) is 0 Å². The van der Waals surface area contributed by atoms with Gasteiger partial charge >= 0.3 is 0 Å². The van der Waals surface area contributed by atoms with Gasteiger partial charge in [-0.2, -0.15) is 11.8 Å². The molecule has 5 heteroatoms. The molecular weight excluding hydrogens is 244 g/mol. The van der Waals surface area contributed by atoms with Crippen LogP contribution in [0.3, 0.4) is 0 Å². The molecule has 1 aromatic rings. The van der Waals surface area contributed by atoms with Crippen LogP contribution in [0.15, 0.2) is 18.3 Å². The number of rotatable bonds is 4. The smallest absolute Gasteiger partial charge is 0.251 e. The van der Waals surface area contributed by atoms with Crippen LogP contribution in [0.5, 0.6) is 0 Å². The van der Waals surface area contributed by atoms with Crippen LogP contribution in [0.1, 0.15) is 24.2 Å². The monoisotopic (exact) mass is 258 g/mol. The van der Waals surface area contributed by atoms with Gasteiger partial charge < -0.3 is 5.32 Å². The predicted octanol–water partition coefficient (Wildman–Crippen LogP) is 2.61. The number of hydrogen-bond acceptors (Lipinski definition) is 3. The quantitative estimate of drug-likeness (QED) is 0.845. The largest absolute Gasteiger partial charge is 0.351 e. The first-order chi connectivity index (χ1) is 7.44. The van der Waals surface area contributed by atoms with E-state index in [1.54, 1.807) is 23.9 Å². The van der Waals surface area contributed by atoms with Crippen LogP contribution in [-0.2, 0) is 0 Å². The zero-order valence-electron chi connectivity index (χ0n) is 9.58. The third-order valence-corrected chi connectivity index (χ3v) is 3.67. The maximum atomic E-state index is 11.8. The highest BCUT2D eigenvalue weighted by molar-refractivity contribution is 7.99. The summed E-state index contributed by atoms with van der Waals surface area (Å²) in [5.74, 6) is -0.119. The number of carbonyl (C=O) groups excluding carboxylic acids is 1. The van der Waals surface area contributed by atoms with Crippen LogP contribution < -0.4 is 5.32 Å². The van der Waals surface area contributed by atoms with E-state index in [2.05, 4.69) is 24.1 Å². The molecule has 1 N–H and O–H groups in total. The minimum absolute atomic E-state index is 0.0342. The average Bonchev–Trinajstić information content (AvgIpc) is 2.26. The standard InChI is InChI=1S/C11H15ClN2OS/c1-11(2,16-3)7-14-10(15)8-4-5-13-9(12)6-8/h4-6H,7H2,1-3H3,(H,14,15). The highest BCUT2D eigenvalue weighted by Crippen LogP contribution is 2.19. The summed E-state index contributed by atoms with van der Waals surface area (Å²) in [6, 6.07) is 3.20. The van der Waals surface area contributed by atoms with Gasteiger partial charge in [-0.25, -0.2) is 4.98 Å². The van der Waals surface area contributed by atoms with E-state index in [1.165, 1.54) is 6.20 Å². The molecule has 1 amide bonds. The van der Waals surface area contributed by atoms with E-state index in [0.29, 0.717) is 17.3 Å². The van der Waals surface area contributed by atoms with Crippen molar-refractivity contribution in [1.29, 1.82) is 0 Å². The molecule has 1 heterocycles. The number of aromatic nitrogens is 1. The van der Waals surface area contributed by atoms with Crippen molar-refractivity contribution in [1.82, 2.24) is 10.3 Å². The zero-order chi connectivity index (χ0) is 12.2. The fourth-order valence-electron chi connectivity index (χ4n) is 1.01. The number of halogens is 1. The summed E-state index contributed by atoms with van der Waals surface area (Å²) in [7, 11) is 0. The van der Waals surface area contributed by atoms with E-state index >= 15 is 0 Å². The second-order valence-corrected chi connectivity index (χ2v) is 5.91. The van der Waals surface area contributed by atoms with Crippen molar-refractivity contribution >= 4 is 29.3 Å². The number of thioether (sulfide) groups is 1. The minimum Gasteiger partial charge on any atom is -0.351 e. The Hall–Kier alpha value is -0.740. The van der Waals surface area contributed by atoms with Crippen LogP contribution in [0, 0.1) is 0 Å². The maximum absolute atomic E-state index is 11.8. The lowest BCUT2D eigenvalue weighted by Crippen LogP contribution is -2.36. The van der Waals surface area contributed by atoms with Crippen LogP contribution in [0.2, 0.25) is 5.15 Å². The van der Waals surface area contributed by atoms with Crippen LogP contribution in [-0.4, -0.2) is 28.4 Å². The summed E-state index contributed by atoms with van der Waals surface area (Å²) in [5, 5.41) is 3.20. The Kier molecular flexibility index (Phi) is 4.62. The SMILES string of the molecule is CSC(C)(C)CNC(=O)c1ccnc(Cl)c1. The van der Waals surface area contributed by atoms with Gasteiger partial charge in [0.15, 0.2) is 0 Å². The van der Waals surface area contributed by atoms with E-state index in [0.717, 1.165) is 0 Å². The Labute approximate surface area is 105 Å². The molecule has 16 heavy (non-hydrogen) atoms. The lowest BCUT2D eigenvalue weighted by Gasteiger charge is -2.22. The summed E-state index contributed by atoms with van der Waals surface area (Å²) in [4.78, 5) is 15.6. The lowest BCUT2D eigenvalue weighted by molar-refractivity contribution is 0.0950. The first kappa shape index (κ1) is 13.3. The minimum atomic E-state index is -0.119. The van der Waals surface area contributed by atoms with Crippen LogP contribution in [0.25, 0.3) is 0 Å². The Morgan fingerprint density at radius 1 is 1.62 bits per heavy atom. The lowest BCUT2D eigenvalue weighted by atomic mass is 10.2. The van der Waals surface area contributed by atoms with Gasteiger partial charge in [0.25, 0.3) is 5.91 Å². The van der Waals surface area contributed by atoms with Crippen molar-refractivity contribution < 1.29 is 4.79 Å². The fourth-order valence-corrected chi connectivity index (χ4v) is 1.40. The molecule has 0 saturated carbocycles. The Balaban J connectivity index is 2.60. The number of nitrogens with zero attached hydrogens (tertiary/aromatic N) is 1. The summed E-state index contributed by atoms with van der Waals surface area (Å²) in [6.45, 7) is 4.78. The summed E-state index contributed by atoms with van der Waals surface area (Å²) >= 11 is 7.43. The van der Waals surface area contributed by atoms with Gasteiger partial charge in [0.05, 0.1) is 0 Å². The molecule has 1 aromatic heterocycles. The molecule has 0 aliphatic carbocycles. The third kappa shape index (κ3) is 4.02. The second kappa shape index (κ2) is 5.55. The first-order valence-electron chi connectivity index (χ1n) is 4.89. The average molecular weight is 259 g/mol. The van der Waals surface area contributed by atoms with Gasteiger partial charge in [-0.1, -0.05) is 11.6 Å².